The van der Waals surface area contributed by atoms with Crippen molar-refractivity contribution in [2.75, 3.05) is 0 Å². The lowest BCUT2D eigenvalue weighted by atomic mass is 10.1. The third-order valence-electron chi connectivity index (χ3n) is 2.81. The largest absolute Gasteiger partial charge is 0.441 e. The molecular formula is C15H19NO2. The van der Waals surface area contributed by atoms with E-state index >= 15 is 0 Å². The molecule has 18 heavy (non-hydrogen) atoms. The van der Waals surface area contributed by atoms with Gasteiger partial charge in [0.1, 0.15) is 5.52 Å². The Balaban J connectivity index is 2.30. The highest BCUT2D eigenvalue weighted by Gasteiger charge is 2.10. The van der Waals surface area contributed by atoms with Crippen LogP contribution in [0.2, 0.25) is 0 Å². The molecule has 0 fully saturated rings. The van der Waals surface area contributed by atoms with Crippen LogP contribution < -0.4 is 0 Å². The lowest BCUT2D eigenvalue weighted by Crippen LogP contribution is -1.97. The van der Waals surface area contributed by atoms with E-state index in [0.29, 0.717) is 12.3 Å². The van der Waals surface area contributed by atoms with E-state index in [1.54, 1.807) is 0 Å². The van der Waals surface area contributed by atoms with E-state index in [9.17, 15) is 4.79 Å². The molecule has 0 atom stereocenters. The Morgan fingerprint density at radius 2 is 2.17 bits per heavy atom. The maximum atomic E-state index is 11.8. The van der Waals surface area contributed by atoms with Crippen LogP contribution in [-0.4, -0.2) is 10.8 Å². The normalized spacial score (nSPS) is 11.3. The fourth-order valence-electron chi connectivity index (χ4n) is 1.96. The topological polar surface area (TPSA) is 43.1 Å². The molecule has 0 radical (unpaired) electrons. The number of oxazole rings is 1. The van der Waals surface area contributed by atoms with Crippen molar-refractivity contribution in [3.63, 3.8) is 0 Å². The number of carbonyl (C=O) groups excluding carboxylic acids is 1. The molecule has 0 aliphatic rings. The molecule has 96 valence electrons. The third kappa shape index (κ3) is 2.78. The Morgan fingerprint density at radius 3 is 2.83 bits per heavy atom. The third-order valence-corrected chi connectivity index (χ3v) is 2.81. The van der Waals surface area contributed by atoms with Crippen LogP contribution >= 0.6 is 0 Å². The highest BCUT2D eigenvalue weighted by Crippen LogP contribution is 2.20. The van der Waals surface area contributed by atoms with Gasteiger partial charge >= 0.3 is 0 Å². The molecule has 1 heterocycles. The minimum Gasteiger partial charge on any atom is -0.441 e. The maximum Gasteiger partial charge on any atom is 0.195 e. The van der Waals surface area contributed by atoms with E-state index < -0.39 is 0 Å². The summed E-state index contributed by atoms with van der Waals surface area (Å²) < 4.78 is 5.65. The van der Waals surface area contributed by atoms with Gasteiger partial charge in [-0.05, 0) is 30.5 Å². The van der Waals surface area contributed by atoms with Gasteiger partial charge < -0.3 is 4.42 Å². The Hall–Kier alpha value is -1.64. The summed E-state index contributed by atoms with van der Waals surface area (Å²) in [4.78, 5) is 16.3. The monoisotopic (exact) mass is 245 g/mol. The second-order valence-electron chi connectivity index (χ2n) is 5.06. The van der Waals surface area contributed by atoms with Crippen molar-refractivity contribution in [3.05, 3.63) is 29.7 Å². The van der Waals surface area contributed by atoms with Crippen LogP contribution in [0.4, 0.5) is 0 Å². The molecule has 3 heteroatoms. The molecule has 0 spiro atoms. The van der Waals surface area contributed by atoms with Crippen LogP contribution in [0.15, 0.2) is 22.6 Å². The van der Waals surface area contributed by atoms with Crippen molar-refractivity contribution < 1.29 is 9.21 Å². The van der Waals surface area contributed by atoms with E-state index in [2.05, 4.69) is 18.8 Å². The summed E-state index contributed by atoms with van der Waals surface area (Å²) in [6, 6.07) is 5.50. The van der Waals surface area contributed by atoms with Crippen LogP contribution in [0.3, 0.4) is 0 Å². The molecule has 0 unspecified atom stereocenters. The second kappa shape index (κ2) is 5.34. The lowest BCUT2D eigenvalue weighted by molar-refractivity contribution is 0.0982. The van der Waals surface area contributed by atoms with Gasteiger partial charge in [-0.25, -0.2) is 4.98 Å². The molecule has 0 N–H and O–H groups in total. The molecule has 2 rings (SSSR count). The van der Waals surface area contributed by atoms with Gasteiger partial charge in [-0.15, -0.1) is 0 Å². The SMILES string of the molecule is CCCC(=O)c1ccc2oc(CC(C)C)nc2c1. The predicted molar refractivity (Wildman–Crippen MR) is 71.8 cm³/mol. The zero-order chi connectivity index (χ0) is 13.1. The van der Waals surface area contributed by atoms with Crippen LogP contribution in [0.5, 0.6) is 0 Å². The Labute approximate surface area is 107 Å². The second-order valence-corrected chi connectivity index (χ2v) is 5.06. The fourth-order valence-corrected chi connectivity index (χ4v) is 1.96. The van der Waals surface area contributed by atoms with Gasteiger partial charge in [0.05, 0.1) is 0 Å². The lowest BCUT2D eigenvalue weighted by Gasteiger charge is -1.97. The maximum absolute atomic E-state index is 11.8. The number of nitrogens with zero attached hydrogens (tertiary/aromatic N) is 1. The Kier molecular flexibility index (Phi) is 3.80. The van der Waals surface area contributed by atoms with Gasteiger partial charge in [-0.1, -0.05) is 20.8 Å². The minimum absolute atomic E-state index is 0.174. The van der Waals surface area contributed by atoms with Gasteiger partial charge in [0.2, 0.25) is 0 Å². The van der Waals surface area contributed by atoms with Crippen molar-refractivity contribution in [1.29, 1.82) is 0 Å². The number of ketones is 1. The molecule has 3 nitrogen and oxygen atoms in total. The first-order chi connectivity index (χ1) is 8.60. The van der Waals surface area contributed by atoms with Crippen molar-refractivity contribution in [3.8, 4) is 0 Å². The minimum atomic E-state index is 0.174. The van der Waals surface area contributed by atoms with Gasteiger partial charge in [0.25, 0.3) is 0 Å². The van der Waals surface area contributed by atoms with Crippen molar-refractivity contribution in [1.82, 2.24) is 4.98 Å². The molecule has 0 saturated heterocycles. The van der Waals surface area contributed by atoms with Gasteiger partial charge in [0, 0.05) is 18.4 Å². The summed E-state index contributed by atoms with van der Waals surface area (Å²) in [5, 5.41) is 0. The number of carbonyl (C=O) groups is 1. The molecule has 0 bridgehead atoms. The van der Waals surface area contributed by atoms with E-state index in [1.165, 1.54) is 0 Å². The summed E-state index contributed by atoms with van der Waals surface area (Å²) in [7, 11) is 0. The van der Waals surface area contributed by atoms with E-state index in [4.69, 9.17) is 4.42 Å². The molecule has 0 aliphatic heterocycles. The molecule has 0 saturated carbocycles. The molecular weight excluding hydrogens is 226 g/mol. The zero-order valence-electron chi connectivity index (χ0n) is 11.2. The van der Waals surface area contributed by atoms with Crippen molar-refractivity contribution >= 4 is 16.9 Å². The molecule has 1 aromatic heterocycles. The fraction of sp³-hybridized carbons (Fsp3) is 0.467. The van der Waals surface area contributed by atoms with Crippen LogP contribution in [-0.2, 0) is 6.42 Å². The number of rotatable bonds is 5. The summed E-state index contributed by atoms with van der Waals surface area (Å²) in [5.41, 5.74) is 2.28. The van der Waals surface area contributed by atoms with E-state index in [0.717, 1.165) is 35.4 Å². The number of hydrogen-bond donors (Lipinski definition) is 0. The van der Waals surface area contributed by atoms with E-state index in [-0.39, 0.29) is 5.78 Å². The Bertz CT molecular complexity index is 555. The molecule has 0 amide bonds. The number of aromatic nitrogens is 1. The van der Waals surface area contributed by atoms with Crippen LogP contribution in [0.1, 0.15) is 49.9 Å². The van der Waals surface area contributed by atoms with E-state index in [1.807, 2.05) is 25.1 Å². The zero-order valence-corrected chi connectivity index (χ0v) is 11.2. The highest BCUT2D eigenvalue weighted by atomic mass is 16.3. The summed E-state index contributed by atoms with van der Waals surface area (Å²) >= 11 is 0. The van der Waals surface area contributed by atoms with Crippen molar-refractivity contribution in [2.45, 2.75) is 40.0 Å². The smallest absolute Gasteiger partial charge is 0.195 e. The predicted octanol–water partition coefficient (Wildman–Crippen LogP) is 4.01. The number of hydrogen-bond acceptors (Lipinski definition) is 3. The van der Waals surface area contributed by atoms with Crippen LogP contribution in [0.25, 0.3) is 11.1 Å². The van der Waals surface area contributed by atoms with Gasteiger partial charge in [0.15, 0.2) is 17.3 Å². The summed E-state index contributed by atoms with van der Waals surface area (Å²) in [5.74, 6) is 1.44. The van der Waals surface area contributed by atoms with Gasteiger partial charge in [-0.2, -0.15) is 0 Å². The molecule has 2 aromatic rings. The number of benzene rings is 1. The summed E-state index contributed by atoms with van der Waals surface area (Å²) in [6.45, 7) is 6.27. The quantitative estimate of drug-likeness (QED) is 0.747. The average Bonchev–Trinajstić information content (AvgIpc) is 2.69. The first kappa shape index (κ1) is 12.8. The molecule has 1 aromatic carbocycles. The Morgan fingerprint density at radius 1 is 1.39 bits per heavy atom. The average molecular weight is 245 g/mol. The number of fused-ring (bicyclic) bond motifs is 1. The first-order valence-electron chi connectivity index (χ1n) is 6.52. The first-order valence-corrected chi connectivity index (χ1v) is 6.52. The number of Topliss-reactive ketones (excluding diaryl/α,β-unsaturated/α-hetero) is 1. The molecule has 0 aliphatic carbocycles. The van der Waals surface area contributed by atoms with Crippen molar-refractivity contribution in [2.24, 2.45) is 5.92 Å². The standard InChI is InChI=1S/C15H19NO2/c1-4-5-13(17)11-6-7-14-12(9-11)16-15(18-14)8-10(2)3/h6-7,9-10H,4-5,8H2,1-3H3. The summed E-state index contributed by atoms with van der Waals surface area (Å²) in [6.07, 6.45) is 2.28. The van der Waals surface area contributed by atoms with Gasteiger partial charge in [-0.3, -0.25) is 4.79 Å². The van der Waals surface area contributed by atoms with Crippen LogP contribution in [0, 0.1) is 5.92 Å². The highest BCUT2D eigenvalue weighted by molar-refractivity contribution is 5.98.